The Labute approximate surface area is 262 Å². The lowest BCUT2D eigenvalue weighted by Gasteiger charge is -2.05. The van der Waals surface area contributed by atoms with Gasteiger partial charge in [-0.1, -0.05) is 181 Å². The molecule has 0 aliphatic rings. The molecule has 0 radical (unpaired) electrons. The predicted octanol–water partition coefficient (Wildman–Crippen LogP) is 11.2. The van der Waals surface area contributed by atoms with Crippen LogP contribution in [0.15, 0.2) is 0 Å². The fraction of sp³-hybridized carbons (Fsp3) is 0.946. The molecule has 1 unspecified atom stereocenters. The van der Waals surface area contributed by atoms with E-state index in [1.807, 2.05) is 0 Å². The van der Waals surface area contributed by atoms with E-state index in [0.29, 0.717) is 12.8 Å². The zero-order valence-corrected chi connectivity index (χ0v) is 28.6. The van der Waals surface area contributed by atoms with E-state index in [1.165, 1.54) is 161 Å². The van der Waals surface area contributed by atoms with Gasteiger partial charge in [-0.25, -0.2) is 0 Å². The van der Waals surface area contributed by atoms with Crippen LogP contribution in [0.25, 0.3) is 0 Å². The normalized spacial score (nSPS) is 11.6. The van der Waals surface area contributed by atoms with Crippen LogP contribution in [0.5, 0.6) is 0 Å². The molecule has 0 aliphatic heterocycles. The van der Waals surface area contributed by atoms with Crippen LogP contribution in [0.3, 0.4) is 0 Å². The number of unbranched alkanes of at least 4 members (excludes halogenated alkanes) is 26. The van der Waals surface area contributed by atoms with E-state index in [9.17, 15) is 9.59 Å². The van der Waals surface area contributed by atoms with Crippen LogP contribution in [0, 0.1) is 0 Å². The molecule has 252 valence electrons. The van der Waals surface area contributed by atoms with E-state index in [-0.39, 0.29) is 18.5 Å². The fourth-order valence-corrected chi connectivity index (χ4v) is 5.16. The van der Waals surface area contributed by atoms with Gasteiger partial charge in [0, 0.05) is 12.8 Å². The number of hydrogen-bond acceptors (Lipinski definition) is 5. The highest BCUT2D eigenvalue weighted by molar-refractivity contribution is 5.85. The maximum atomic E-state index is 11.9. The lowest BCUT2D eigenvalue weighted by Crippen LogP contribution is -2.11. The number of esters is 2. The Morgan fingerprint density at radius 2 is 0.643 bits per heavy atom. The van der Waals surface area contributed by atoms with Crippen LogP contribution < -0.4 is 0 Å². The van der Waals surface area contributed by atoms with E-state index in [1.54, 1.807) is 0 Å². The topological polar surface area (TPSA) is 83.8 Å². The number of carbonyl (C=O) groups excluding carboxylic acids is 2. The molecule has 0 aliphatic carbocycles. The molecule has 0 aromatic heterocycles. The van der Waals surface area contributed by atoms with Gasteiger partial charge in [0.05, 0.1) is 12.7 Å². The van der Waals surface area contributed by atoms with Crippen LogP contribution in [-0.4, -0.2) is 34.9 Å². The van der Waals surface area contributed by atoms with Crippen molar-refractivity contribution in [2.45, 2.75) is 219 Å². The quantitative estimate of drug-likeness (QED) is 0.0471. The Hall–Kier alpha value is -0.940. The van der Waals surface area contributed by atoms with Gasteiger partial charge in [-0.15, -0.1) is 0 Å². The highest BCUT2D eigenvalue weighted by Gasteiger charge is 2.10. The van der Waals surface area contributed by atoms with Crippen molar-refractivity contribution in [1.82, 2.24) is 0 Å². The van der Waals surface area contributed by atoms with Crippen molar-refractivity contribution in [2.24, 2.45) is 0 Å². The molecule has 0 saturated heterocycles. The summed E-state index contributed by atoms with van der Waals surface area (Å²) in [4.78, 5) is 23.8. The third-order valence-corrected chi connectivity index (χ3v) is 7.96. The van der Waals surface area contributed by atoms with Gasteiger partial charge in [0.25, 0.3) is 0 Å². The largest absolute Gasteiger partial charge is 0.394 e. The van der Waals surface area contributed by atoms with Crippen molar-refractivity contribution >= 4 is 11.9 Å². The minimum Gasteiger partial charge on any atom is -0.394 e. The second-order valence-electron chi connectivity index (χ2n) is 12.6. The molecule has 0 heterocycles. The van der Waals surface area contributed by atoms with Crippen LogP contribution in [-0.2, 0) is 14.3 Å². The van der Waals surface area contributed by atoms with Gasteiger partial charge in [0.15, 0.2) is 0 Å². The number of aliphatic hydroxyl groups excluding tert-OH is 2. The van der Waals surface area contributed by atoms with E-state index in [0.717, 1.165) is 25.7 Å². The number of carbonyl (C=O) groups is 2. The first kappa shape index (κ1) is 43.2. The van der Waals surface area contributed by atoms with E-state index < -0.39 is 6.10 Å². The zero-order chi connectivity index (χ0) is 31.4. The highest BCUT2D eigenvalue weighted by Crippen LogP contribution is 2.15. The Balaban J connectivity index is 0. The molecule has 1 atom stereocenters. The summed E-state index contributed by atoms with van der Waals surface area (Å²) in [5, 5.41) is 16.0. The van der Waals surface area contributed by atoms with Crippen molar-refractivity contribution in [3.05, 3.63) is 0 Å². The van der Waals surface area contributed by atoms with Gasteiger partial charge in [0.1, 0.15) is 0 Å². The third-order valence-electron chi connectivity index (χ3n) is 7.96. The standard InChI is InChI=1S/C34H66O3.C3H8O2/c1-3-5-7-9-11-13-15-17-18-20-22-24-26-28-30-32-34(36)37-33(35)31-29-27-25-23-21-19-16-14-12-10-8-6-4-2;1-3(5)2-4/h3-32H2,1-2H3;3-5H,2H2,1H3. The van der Waals surface area contributed by atoms with Crippen molar-refractivity contribution in [3.63, 3.8) is 0 Å². The molecule has 2 N–H and O–H groups in total. The second-order valence-corrected chi connectivity index (χ2v) is 12.6. The summed E-state index contributed by atoms with van der Waals surface area (Å²) >= 11 is 0. The Kier molecular flexibility index (Phi) is 39.2. The number of ether oxygens (including phenoxy) is 1. The van der Waals surface area contributed by atoms with Gasteiger partial charge in [-0.05, 0) is 19.8 Å². The molecule has 42 heavy (non-hydrogen) atoms. The molecule has 0 aromatic rings. The second kappa shape index (κ2) is 38.1. The molecule has 5 nitrogen and oxygen atoms in total. The van der Waals surface area contributed by atoms with Crippen LogP contribution in [0.1, 0.15) is 213 Å². The molecule has 0 amide bonds. The Morgan fingerprint density at radius 3 is 0.833 bits per heavy atom. The van der Waals surface area contributed by atoms with Gasteiger partial charge < -0.3 is 14.9 Å². The molecule has 0 rings (SSSR count). The lowest BCUT2D eigenvalue weighted by molar-refractivity contribution is -0.159. The van der Waals surface area contributed by atoms with Crippen molar-refractivity contribution < 1.29 is 24.5 Å². The lowest BCUT2D eigenvalue weighted by atomic mass is 10.0. The van der Waals surface area contributed by atoms with Crippen LogP contribution in [0.2, 0.25) is 0 Å². The number of hydrogen-bond donors (Lipinski definition) is 2. The fourth-order valence-electron chi connectivity index (χ4n) is 5.16. The highest BCUT2D eigenvalue weighted by atomic mass is 16.6. The average Bonchev–Trinajstić information content (AvgIpc) is 2.97. The first-order valence-electron chi connectivity index (χ1n) is 18.5. The molecule has 0 saturated carbocycles. The summed E-state index contributed by atoms with van der Waals surface area (Å²) in [7, 11) is 0. The summed E-state index contributed by atoms with van der Waals surface area (Å²) < 4.78 is 5.00. The predicted molar refractivity (Wildman–Crippen MR) is 180 cm³/mol. The van der Waals surface area contributed by atoms with Crippen LogP contribution in [0.4, 0.5) is 0 Å². The third kappa shape index (κ3) is 41.2. The molecule has 0 fully saturated rings. The minimum absolute atomic E-state index is 0.139. The molecule has 0 aromatic carbocycles. The SMILES string of the molecule is CC(O)CO.CCCCCCCCCCCCCCCCCC(=O)OC(=O)CCCCCCCCCCCCCCC. The van der Waals surface area contributed by atoms with Gasteiger partial charge in [0.2, 0.25) is 0 Å². The van der Waals surface area contributed by atoms with Crippen LogP contribution >= 0.6 is 0 Å². The van der Waals surface area contributed by atoms with E-state index in [4.69, 9.17) is 14.9 Å². The van der Waals surface area contributed by atoms with E-state index in [2.05, 4.69) is 13.8 Å². The number of rotatable bonds is 31. The summed E-state index contributed by atoms with van der Waals surface area (Å²) in [6.07, 6.45) is 36.6. The van der Waals surface area contributed by atoms with Gasteiger partial charge >= 0.3 is 11.9 Å². The smallest absolute Gasteiger partial charge is 0.313 e. The van der Waals surface area contributed by atoms with Crippen molar-refractivity contribution in [3.8, 4) is 0 Å². The molecular weight excluding hydrogens is 524 g/mol. The summed E-state index contributed by atoms with van der Waals surface area (Å²) in [5.74, 6) is -0.650. The van der Waals surface area contributed by atoms with Gasteiger partial charge in [-0.3, -0.25) is 9.59 Å². The van der Waals surface area contributed by atoms with Gasteiger partial charge in [-0.2, -0.15) is 0 Å². The first-order valence-corrected chi connectivity index (χ1v) is 18.5. The minimum atomic E-state index is -0.560. The van der Waals surface area contributed by atoms with Crippen molar-refractivity contribution in [1.29, 1.82) is 0 Å². The molecule has 0 bridgehead atoms. The molecular formula is C37H74O5. The first-order chi connectivity index (χ1) is 20.5. The summed E-state index contributed by atoms with van der Waals surface area (Å²) in [6.45, 7) is 5.93. The molecule has 0 spiro atoms. The summed E-state index contributed by atoms with van der Waals surface area (Å²) in [6, 6.07) is 0. The zero-order valence-electron chi connectivity index (χ0n) is 28.6. The molecule has 5 heteroatoms. The van der Waals surface area contributed by atoms with Crippen molar-refractivity contribution in [2.75, 3.05) is 6.61 Å². The average molecular weight is 599 g/mol. The van der Waals surface area contributed by atoms with E-state index >= 15 is 0 Å². The summed E-state index contributed by atoms with van der Waals surface area (Å²) in [5.41, 5.74) is 0. The Morgan fingerprint density at radius 1 is 0.452 bits per heavy atom. The number of aliphatic hydroxyl groups is 2. The maximum Gasteiger partial charge on any atom is 0.313 e. The monoisotopic (exact) mass is 599 g/mol. The maximum absolute atomic E-state index is 11.9. The Bertz CT molecular complexity index is 534.